The molecular weight excluding hydrogens is 302 g/mol. The summed E-state index contributed by atoms with van der Waals surface area (Å²) in [6.07, 6.45) is 0. The SMILES string of the molecule is Cc1cc2ccccc2n1CC(=O)N[C@@H](C(N)=O)c1ccccc1. The molecule has 3 aromatic rings. The lowest BCUT2D eigenvalue weighted by Crippen LogP contribution is -2.39. The van der Waals surface area contributed by atoms with E-state index in [9.17, 15) is 9.59 Å². The number of benzene rings is 2. The minimum atomic E-state index is -0.833. The van der Waals surface area contributed by atoms with Gasteiger partial charge >= 0.3 is 0 Å². The molecule has 3 rings (SSSR count). The van der Waals surface area contributed by atoms with Crippen molar-refractivity contribution in [2.45, 2.75) is 19.5 Å². The van der Waals surface area contributed by atoms with E-state index in [0.29, 0.717) is 5.56 Å². The number of nitrogens with one attached hydrogen (secondary N) is 1. The molecule has 5 heteroatoms. The summed E-state index contributed by atoms with van der Waals surface area (Å²) in [5.41, 5.74) is 8.10. The number of fused-ring (bicyclic) bond motifs is 1. The third kappa shape index (κ3) is 3.15. The molecule has 3 N–H and O–H groups in total. The maximum absolute atomic E-state index is 12.5. The molecule has 1 aromatic heterocycles. The zero-order valence-corrected chi connectivity index (χ0v) is 13.4. The van der Waals surface area contributed by atoms with Gasteiger partial charge in [0.25, 0.3) is 0 Å². The van der Waals surface area contributed by atoms with E-state index >= 15 is 0 Å². The molecule has 5 nitrogen and oxygen atoms in total. The van der Waals surface area contributed by atoms with E-state index in [0.717, 1.165) is 16.6 Å². The summed E-state index contributed by atoms with van der Waals surface area (Å²) < 4.78 is 1.92. The van der Waals surface area contributed by atoms with Gasteiger partial charge in [-0.15, -0.1) is 0 Å². The Morgan fingerprint density at radius 1 is 1.08 bits per heavy atom. The normalized spacial score (nSPS) is 12.0. The van der Waals surface area contributed by atoms with Gasteiger partial charge in [0.05, 0.1) is 0 Å². The molecule has 0 saturated carbocycles. The van der Waals surface area contributed by atoms with Crippen LogP contribution in [0.3, 0.4) is 0 Å². The lowest BCUT2D eigenvalue weighted by atomic mass is 10.1. The number of carbonyl (C=O) groups is 2. The summed E-state index contributed by atoms with van der Waals surface area (Å²) in [5.74, 6) is -0.837. The topological polar surface area (TPSA) is 77.1 Å². The Morgan fingerprint density at radius 2 is 1.75 bits per heavy atom. The van der Waals surface area contributed by atoms with Crippen molar-refractivity contribution in [1.82, 2.24) is 9.88 Å². The first-order chi connectivity index (χ1) is 11.6. The third-order valence-corrected chi connectivity index (χ3v) is 4.04. The number of aryl methyl sites for hydroxylation is 1. The van der Waals surface area contributed by atoms with E-state index in [-0.39, 0.29) is 12.5 Å². The first kappa shape index (κ1) is 15.8. The van der Waals surface area contributed by atoms with Gasteiger partial charge in [0.1, 0.15) is 12.6 Å². The molecule has 0 unspecified atom stereocenters. The highest BCUT2D eigenvalue weighted by atomic mass is 16.2. The van der Waals surface area contributed by atoms with E-state index in [2.05, 4.69) is 5.32 Å². The maximum atomic E-state index is 12.5. The van der Waals surface area contributed by atoms with Crippen LogP contribution in [0, 0.1) is 6.92 Å². The lowest BCUT2D eigenvalue weighted by molar-refractivity contribution is -0.127. The highest BCUT2D eigenvalue weighted by molar-refractivity contribution is 5.89. The number of para-hydroxylation sites is 1. The van der Waals surface area contributed by atoms with Gasteiger partial charge in [0, 0.05) is 11.2 Å². The van der Waals surface area contributed by atoms with Crippen LogP contribution in [0.4, 0.5) is 0 Å². The summed E-state index contributed by atoms with van der Waals surface area (Å²) in [4.78, 5) is 24.2. The Hall–Kier alpha value is -3.08. The van der Waals surface area contributed by atoms with Crippen LogP contribution in [-0.4, -0.2) is 16.4 Å². The van der Waals surface area contributed by atoms with Gasteiger partial charge in [-0.2, -0.15) is 0 Å². The molecule has 1 heterocycles. The minimum absolute atomic E-state index is 0.135. The molecule has 0 aliphatic rings. The molecule has 0 radical (unpaired) electrons. The minimum Gasteiger partial charge on any atom is -0.368 e. The average Bonchev–Trinajstić information content (AvgIpc) is 2.89. The number of aromatic nitrogens is 1. The zero-order valence-electron chi connectivity index (χ0n) is 13.4. The van der Waals surface area contributed by atoms with Crippen molar-refractivity contribution in [3.63, 3.8) is 0 Å². The van der Waals surface area contributed by atoms with Crippen molar-refractivity contribution in [2.24, 2.45) is 5.73 Å². The first-order valence-corrected chi connectivity index (χ1v) is 7.75. The van der Waals surface area contributed by atoms with Gasteiger partial charge in [-0.1, -0.05) is 48.5 Å². The van der Waals surface area contributed by atoms with Crippen LogP contribution >= 0.6 is 0 Å². The summed E-state index contributed by atoms with van der Waals surface area (Å²) in [6, 6.07) is 18.1. The van der Waals surface area contributed by atoms with E-state index in [1.807, 2.05) is 47.9 Å². The standard InChI is InChI=1S/C19H19N3O2/c1-13-11-15-9-5-6-10-16(15)22(13)12-17(23)21-18(19(20)24)14-7-3-2-4-8-14/h2-11,18H,12H2,1H3,(H2,20,24)(H,21,23)/t18-/m1/s1. The van der Waals surface area contributed by atoms with Gasteiger partial charge in [0.15, 0.2) is 0 Å². The first-order valence-electron chi connectivity index (χ1n) is 7.75. The van der Waals surface area contributed by atoms with E-state index in [1.165, 1.54) is 0 Å². The second kappa shape index (κ2) is 6.58. The Labute approximate surface area is 140 Å². The number of amides is 2. The second-order valence-electron chi connectivity index (χ2n) is 5.74. The van der Waals surface area contributed by atoms with Crippen LogP contribution in [0.25, 0.3) is 10.9 Å². The lowest BCUT2D eigenvalue weighted by Gasteiger charge is -2.17. The quantitative estimate of drug-likeness (QED) is 0.756. The Bertz CT molecular complexity index is 884. The van der Waals surface area contributed by atoms with Crippen molar-refractivity contribution in [2.75, 3.05) is 0 Å². The number of nitrogens with zero attached hydrogens (tertiary/aromatic N) is 1. The largest absolute Gasteiger partial charge is 0.368 e. The Kier molecular flexibility index (Phi) is 4.33. The second-order valence-corrected chi connectivity index (χ2v) is 5.74. The van der Waals surface area contributed by atoms with Gasteiger partial charge in [0.2, 0.25) is 11.8 Å². The van der Waals surface area contributed by atoms with Gasteiger partial charge < -0.3 is 15.6 Å². The smallest absolute Gasteiger partial charge is 0.244 e. The fraction of sp³-hybridized carbons (Fsp3) is 0.158. The van der Waals surface area contributed by atoms with E-state index in [4.69, 9.17) is 5.73 Å². The predicted molar refractivity (Wildman–Crippen MR) is 93.2 cm³/mol. The molecule has 122 valence electrons. The van der Waals surface area contributed by atoms with Gasteiger partial charge in [-0.25, -0.2) is 0 Å². The van der Waals surface area contributed by atoms with Crippen LogP contribution in [0.1, 0.15) is 17.3 Å². The number of hydrogen-bond acceptors (Lipinski definition) is 2. The van der Waals surface area contributed by atoms with Crippen LogP contribution in [0.15, 0.2) is 60.7 Å². The number of hydrogen-bond donors (Lipinski definition) is 2. The number of primary amides is 1. The molecule has 24 heavy (non-hydrogen) atoms. The molecule has 2 aromatic carbocycles. The van der Waals surface area contributed by atoms with Crippen molar-refractivity contribution < 1.29 is 9.59 Å². The molecule has 0 spiro atoms. The third-order valence-electron chi connectivity index (χ3n) is 4.04. The zero-order chi connectivity index (χ0) is 17.1. The van der Waals surface area contributed by atoms with Crippen molar-refractivity contribution in [3.8, 4) is 0 Å². The van der Waals surface area contributed by atoms with Crippen LogP contribution in [0.5, 0.6) is 0 Å². The predicted octanol–water partition coefficient (Wildman–Crippen LogP) is 2.29. The highest BCUT2D eigenvalue weighted by Gasteiger charge is 2.20. The average molecular weight is 321 g/mol. The fourth-order valence-electron chi connectivity index (χ4n) is 2.87. The van der Waals surface area contributed by atoms with Crippen molar-refractivity contribution in [1.29, 1.82) is 0 Å². The molecule has 0 fully saturated rings. The summed E-state index contributed by atoms with van der Waals surface area (Å²) in [6.45, 7) is 2.09. The highest BCUT2D eigenvalue weighted by Crippen LogP contribution is 2.19. The number of carbonyl (C=O) groups excluding carboxylic acids is 2. The molecule has 0 saturated heterocycles. The number of rotatable bonds is 5. The molecule has 0 bridgehead atoms. The summed E-state index contributed by atoms with van der Waals surface area (Å²) in [7, 11) is 0. The molecule has 0 aliphatic heterocycles. The van der Waals surface area contributed by atoms with Gasteiger partial charge in [-0.05, 0) is 30.0 Å². The van der Waals surface area contributed by atoms with Crippen molar-refractivity contribution >= 4 is 22.7 Å². The van der Waals surface area contributed by atoms with Gasteiger partial charge in [-0.3, -0.25) is 9.59 Å². The Morgan fingerprint density at radius 3 is 2.46 bits per heavy atom. The van der Waals surface area contributed by atoms with E-state index in [1.54, 1.807) is 24.3 Å². The Balaban J connectivity index is 1.81. The van der Waals surface area contributed by atoms with E-state index < -0.39 is 11.9 Å². The number of nitrogens with two attached hydrogens (primary N) is 1. The fourth-order valence-corrected chi connectivity index (χ4v) is 2.87. The molecule has 2 amide bonds. The van der Waals surface area contributed by atoms with Crippen molar-refractivity contribution in [3.05, 3.63) is 71.9 Å². The molecule has 0 aliphatic carbocycles. The summed E-state index contributed by atoms with van der Waals surface area (Å²) >= 11 is 0. The monoisotopic (exact) mass is 321 g/mol. The maximum Gasteiger partial charge on any atom is 0.244 e. The molecule has 1 atom stereocenters. The van der Waals surface area contributed by atoms with Crippen LogP contribution in [-0.2, 0) is 16.1 Å². The molecular formula is C19H19N3O2. The van der Waals surface area contributed by atoms with Crippen LogP contribution in [0.2, 0.25) is 0 Å². The van der Waals surface area contributed by atoms with Crippen LogP contribution < -0.4 is 11.1 Å². The summed E-state index contributed by atoms with van der Waals surface area (Å²) in [5, 5.41) is 3.81.